The van der Waals surface area contributed by atoms with Gasteiger partial charge in [-0.25, -0.2) is 0 Å². The molecular formula is C76H130O6. The second-order valence-electron chi connectivity index (χ2n) is 23.1. The van der Waals surface area contributed by atoms with Gasteiger partial charge in [-0.1, -0.05) is 297 Å². The van der Waals surface area contributed by atoms with E-state index in [1.807, 2.05) is 0 Å². The van der Waals surface area contributed by atoms with Gasteiger partial charge in [0, 0.05) is 19.3 Å². The van der Waals surface area contributed by atoms with E-state index in [2.05, 4.69) is 130 Å². The summed E-state index contributed by atoms with van der Waals surface area (Å²) >= 11 is 0. The number of carbonyl (C=O) groups excluding carboxylic acids is 3. The first-order chi connectivity index (χ1) is 40.5. The summed E-state index contributed by atoms with van der Waals surface area (Å²) in [5.41, 5.74) is 0. The lowest BCUT2D eigenvalue weighted by atomic mass is 10.0. The maximum absolute atomic E-state index is 12.9. The van der Waals surface area contributed by atoms with E-state index in [1.54, 1.807) is 0 Å². The second kappa shape index (κ2) is 69.6. The number of carbonyl (C=O) groups is 3. The molecule has 0 aromatic heterocycles. The molecule has 6 heteroatoms. The molecule has 0 aliphatic rings. The molecule has 82 heavy (non-hydrogen) atoms. The fraction of sp³-hybridized carbons (Fsp3) is 0.724. The molecule has 0 aromatic rings. The lowest BCUT2D eigenvalue weighted by Gasteiger charge is -2.18. The topological polar surface area (TPSA) is 78.9 Å². The normalized spacial score (nSPS) is 12.8. The first kappa shape index (κ1) is 78.1. The van der Waals surface area contributed by atoms with Crippen LogP contribution in [0, 0.1) is 0 Å². The number of esters is 3. The van der Waals surface area contributed by atoms with Crippen LogP contribution in [0.4, 0.5) is 0 Å². The number of allylic oxidation sites excluding steroid dienone is 18. The van der Waals surface area contributed by atoms with E-state index in [-0.39, 0.29) is 31.1 Å². The molecule has 1 unspecified atom stereocenters. The molecule has 0 spiro atoms. The van der Waals surface area contributed by atoms with Crippen molar-refractivity contribution in [1.29, 1.82) is 0 Å². The molecule has 0 heterocycles. The van der Waals surface area contributed by atoms with Gasteiger partial charge in [-0.2, -0.15) is 0 Å². The van der Waals surface area contributed by atoms with Crippen LogP contribution in [-0.2, 0) is 28.6 Å². The summed E-state index contributed by atoms with van der Waals surface area (Å²) < 4.78 is 16.9. The minimum Gasteiger partial charge on any atom is -0.462 e. The Morgan fingerprint density at radius 1 is 0.256 bits per heavy atom. The molecule has 470 valence electrons. The van der Waals surface area contributed by atoms with Gasteiger partial charge in [0.1, 0.15) is 13.2 Å². The Bertz CT molecular complexity index is 1640. The molecule has 0 fully saturated rings. The van der Waals surface area contributed by atoms with Crippen LogP contribution < -0.4 is 0 Å². The molecule has 0 aliphatic heterocycles. The van der Waals surface area contributed by atoms with E-state index < -0.39 is 6.10 Å². The zero-order valence-corrected chi connectivity index (χ0v) is 54.0. The molecular weight excluding hydrogens is 1010 g/mol. The van der Waals surface area contributed by atoms with Gasteiger partial charge in [0.2, 0.25) is 0 Å². The van der Waals surface area contributed by atoms with Crippen molar-refractivity contribution in [3.05, 3.63) is 109 Å². The van der Waals surface area contributed by atoms with Gasteiger partial charge in [-0.05, 0) is 128 Å². The van der Waals surface area contributed by atoms with Crippen LogP contribution in [0.1, 0.15) is 335 Å². The highest BCUT2D eigenvalue weighted by Gasteiger charge is 2.19. The van der Waals surface area contributed by atoms with Crippen molar-refractivity contribution in [2.24, 2.45) is 0 Å². The Labute approximate surface area is 508 Å². The molecule has 0 radical (unpaired) electrons. The SMILES string of the molecule is CC/C=C\C/C=C\C/C=C\C/C=C\C/C=C\CCCCCCCCCCCCCCCCCCCC(=O)OCC(COC(=O)CCCCCCC/C=C\CCCCC)OC(=O)CCCCCCCC/C=C\C/C=C\C/C=C\CCCCC. The quantitative estimate of drug-likeness (QED) is 0.0261. The van der Waals surface area contributed by atoms with Crippen molar-refractivity contribution in [1.82, 2.24) is 0 Å². The van der Waals surface area contributed by atoms with E-state index in [9.17, 15) is 14.4 Å². The molecule has 0 amide bonds. The number of ether oxygens (including phenoxy) is 3. The highest BCUT2D eigenvalue weighted by atomic mass is 16.6. The monoisotopic (exact) mass is 1140 g/mol. The third-order valence-electron chi connectivity index (χ3n) is 15.0. The van der Waals surface area contributed by atoms with Crippen molar-refractivity contribution in [3.63, 3.8) is 0 Å². The molecule has 0 aliphatic carbocycles. The number of rotatable bonds is 63. The summed E-state index contributed by atoms with van der Waals surface area (Å²) in [7, 11) is 0. The fourth-order valence-electron chi connectivity index (χ4n) is 9.77. The molecule has 0 aromatic carbocycles. The molecule has 0 N–H and O–H groups in total. The summed E-state index contributed by atoms with van der Waals surface area (Å²) in [5.74, 6) is -0.894. The Hall–Kier alpha value is -3.93. The standard InChI is InChI=1S/C76H130O6/c1-4-7-10-13-16-19-22-25-27-29-31-32-33-34-35-36-37-38-39-40-41-42-43-44-46-47-49-51-54-57-60-63-66-69-75(78)81-72-73(71-80-74(77)68-65-62-59-56-53-24-21-18-15-12-9-6-3)82-76(79)70-67-64-61-58-55-52-50-48-45-30-28-26-23-20-17-14-11-8-5-2/h7,10,16-21,25-28,31-32,34-35,45,48,73H,4-6,8-9,11-15,22-24,29-30,33,36-44,46-47,49-72H2,1-3H3/b10-7-,19-16-,20-17-,21-18-,27-25-,28-26-,32-31-,35-34-,48-45-. The largest absolute Gasteiger partial charge is 0.462 e. The van der Waals surface area contributed by atoms with Crippen molar-refractivity contribution in [3.8, 4) is 0 Å². The Kier molecular flexibility index (Phi) is 66.2. The summed E-state index contributed by atoms with van der Waals surface area (Å²) in [6.07, 6.45) is 95.5. The van der Waals surface area contributed by atoms with E-state index in [0.29, 0.717) is 19.3 Å². The van der Waals surface area contributed by atoms with Gasteiger partial charge in [0.25, 0.3) is 0 Å². The first-order valence-corrected chi connectivity index (χ1v) is 34.9. The number of hydrogen-bond acceptors (Lipinski definition) is 6. The van der Waals surface area contributed by atoms with E-state index in [1.165, 1.54) is 173 Å². The minimum atomic E-state index is -0.789. The summed E-state index contributed by atoms with van der Waals surface area (Å²) in [4.78, 5) is 38.4. The van der Waals surface area contributed by atoms with E-state index in [0.717, 1.165) is 122 Å². The van der Waals surface area contributed by atoms with Crippen molar-refractivity contribution in [2.45, 2.75) is 341 Å². The van der Waals surface area contributed by atoms with Crippen molar-refractivity contribution >= 4 is 17.9 Å². The first-order valence-electron chi connectivity index (χ1n) is 34.9. The Morgan fingerprint density at radius 3 is 0.756 bits per heavy atom. The smallest absolute Gasteiger partial charge is 0.306 e. The zero-order valence-electron chi connectivity index (χ0n) is 54.0. The van der Waals surface area contributed by atoms with Crippen LogP contribution in [0.2, 0.25) is 0 Å². The maximum Gasteiger partial charge on any atom is 0.306 e. The summed E-state index contributed by atoms with van der Waals surface area (Å²) in [5, 5.41) is 0. The van der Waals surface area contributed by atoms with Crippen LogP contribution >= 0.6 is 0 Å². The lowest BCUT2D eigenvalue weighted by Crippen LogP contribution is -2.30. The molecule has 0 saturated heterocycles. The van der Waals surface area contributed by atoms with Gasteiger partial charge in [-0.3, -0.25) is 14.4 Å². The van der Waals surface area contributed by atoms with Gasteiger partial charge in [-0.15, -0.1) is 0 Å². The van der Waals surface area contributed by atoms with Gasteiger partial charge in [0.05, 0.1) is 0 Å². The highest BCUT2D eigenvalue weighted by molar-refractivity contribution is 5.71. The van der Waals surface area contributed by atoms with Crippen molar-refractivity contribution in [2.75, 3.05) is 13.2 Å². The van der Waals surface area contributed by atoms with Crippen LogP contribution in [0.25, 0.3) is 0 Å². The van der Waals surface area contributed by atoms with Crippen molar-refractivity contribution < 1.29 is 28.6 Å². The number of unbranched alkanes of at least 4 members (excludes halogenated alkanes) is 34. The minimum absolute atomic E-state index is 0.0837. The van der Waals surface area contributed by atoms with Crippen LogP contribution in [0.3, 0.4) is 0 Å². The van der Waals surface area contributed by atoms with Crippen LogP contribution in [0.5, 0.6) is 0 Å². The zero-order chi connectivity index (χ0) is 59.2. The fourth-order valence-corrected chi connectivity index (χ4v) is 9.77. The third-order valence-corrected chi connectivity index (χ3v) is 15.0. The third kappa shape index (κ3) is 66.9. The molecule has 0 saturated carbocycles. The predicted molar refractivity (Wildman–Crippen MR) is 357 cm³/mol. The van der Waals surface area contributed by atoms with E-state index in [4.69, 9.17) is 14.2 Å². The van der Waals surface area contributed by atoms with Gasteiger partial charge in [0.15, 0.2) is 6.10 Å². The Balaban J connectivity index is 4.19. The van der Waals surface area contributed by atoms with Gasteiger partial charge < -0.3 is 14.2 Å². The highest BCUT2D eigenvalue weighted by Crippen LogP contribution is 2.17. The van der Waals surface area contributed by atoms with E-state index >= 15 is 0 Å². The summed E-state index contributed by atoms with van der Waals surface area (Å²) in [6.45, 7) is 6.49. The molecule has 0 bridgehead atoms. The van der Waals surface area contributed by atoms with Crippen LogP contribution in [-0.4, -0.2) is 37.2 Å². The maximum atomic E-state index is 12.9. The van der Waals surface area contributed by atoms with Gasteiger partial charge >= 0.3 is 17.9 Å². The molecule has 1 atom stereocenters. The molecule has 6 nitrogen and oxygen atoms in total. The van der Waals surface area contributed by atoms with Crippen LogP contribution in [0.15, 0.2) is 109 Å². The lowest BCUT2D eigenvalue weighted by molar-refractivity contribution is -0.167. The average molecular weight is 1140 g/mol. The number of hydrogen-bond donors (Lipinski definition) is 0. The Morgan fingerprint density at radius 2 is 0.476 bits per heavy atom. The predicted octanol–water partition coefficient (Wildman–Crippen LogP) is 24.2. The molecule has 0 rings (SSSR count). The second-order valence-corrected chi connectivity index (χ2v) is 23.1. The average Bonchev–Trinajstić information content (AvgIpc) is 3.47. The summed E-state index contributed by atoms with van der Waals surface area (Å²) in [6, 6.07) is 0.